The van der Waals surface area contributed by atoms with E-state index < -0.39 is 0 Å². The van der Waals surface area contributed by atoms with Gasteiger partial charge in [-0.2, -0.15) is 0 Å². The third kappa shape index (κ3) is 9.62. The predicted molar refractivity (Wildman–Crippen MR) is 61.1 cm³/mol. The summed E-state index contributed by atoms with van der Waals surface area (Å²) in [5.74, 6) is 0. The Labute approximate surface area is 83.6 Å². The molecule has 0 saturated carbocycles. The van der Waals surface area contributed by atoms with Crippen molar-refractivity contribution in [3.05, 3.63) is 12.2 Å². The van der Waals surface area contributed by atoms with Crippen LogP contribution >= 0.6 is 0 Å². The summed E-state index contributed by atoms with van der Waals surface area (Å²) in [6.45, 7) is 7.26. The van der Waals surface area contributed by atoms with Gasteiger partial charge in [0.05, 0.1) is 0 Å². The summed E-state index contributed by atoms with van der Waals surface area (Å²) in [6.07, 6.45) is 9.46. The first kappa shape index (κ1) is 12.7. The van der Waals surface area contributed by atoms with E-state index in [1.807, 2.05) is 7.05 Å². The second-order valence-corrected chi connectivity index (χ2v) is 3.80. The number of likely N-dealkylation sites (N-methyl/N-ethyl adjacent to an activating group) is 1. The molecule has 13 heavy (non-hydrogen) atoms. The van der Waals surface area contributed by atoms with Gasteiger partial charge >= 0.3 is 0 Å². The molecule has 0 aromatic heterocycles. The molecule has 0 radical (unpaired) electrons. The molecule has 0 aliphatic rings. The molecule has 0 bridgehead atoms. The van der Waals surface area contributed by atoms with Crippen LogP contribution in [0.2, 0.25) is 0 Å². The van der Waals surface area contributed by atoms with Gasteiger partial charge < -0.3 is 5.32 Å². The predicted octanol–water partition coefficient (Wildman–Crippen LogP) is 3.51. The molecule has 1 N–H and O–H groups in total. The van der Waals surface area contributed by atoms with Crippen molar-refractivity contribution in [1.82, 2.24) is 5.32 Å². The zero-order chi connectivity index (χ0) is 9.94. The van der Waals surface area contributed by atoms with Crippen molar-refractivity contribution in [2.75, 3.05) is 13.6 Å². The Kier molecular flexibility index (Phi) is 9.56. The first-order valence-corrected chi connectivity index (χ1v) is 5.62. The summed E-state index contributed by atoms with van der Waals surface area (Å²) in [6, 6.07) is 0. The number of rotatable bonds is 9. The lowest BCUT2D eigenvalue weighted by atomic mass is 10.1. The Hall–Kier alpha value is -0.300. The molecule has 0 aromatic carbocycles. The number of hydrogen-bond acceptors (Lipinski definition) is 1. The van der Waals surface area contributed by atoms with Gasteiger partial charge in [0.25, 0.3) is 0 Å². The van der Waals surface area contributed by atoms with Crippen molar-refractivity contribution < 1.29 is 0 Å². The maximum Gasteiger partial charge on any atom is 0.0158 e. The van der Waals surface area contributed by atoms with Gasteiger partial charge in [-0.25, -0.2) is 0 Å². The maximum absolute atomic E-state index is 4.02. The fraction of sp³-hybridized carbons (Fsp3) is 0.833. The van der Waals surface area contributed by atoms with Crippen molar-refractivity contribution in [3.8, 4) is 0 Å². The van der Waals surface area contributed by atoms with Gasteiger partial charge in [-0.15, -0.1) is 0 Å². The molecule has 0 fully saturated rings. The van der Waals surface area contributed by atoms with Crippen LogP contribution in [0.25, 0.3) is 0 Å². The van der Waals surface area contributed by atoms with Gasteiger partial charge in [0.15, 0.2) is 0 Å². The highest BCUT2D eigenvalue weighted by molar-refractivity contribution is 4.95. The maximum atomic E-state index is 4.02. The number of hydrogen-bond donors (Lipinski definition) is 1. The number of nitrogens with one attached hydrogen (secondary N) is 1. The number of unbranched alkanes of at least 4 members (excludes halogenated alkanes) is 5. The topological polar surface area (TPSA) is 12.0 Å². The highest BCUT2D eigenvalue weighted by Crippen LogP contribution is 2.09. The molecule has 0 saturated heterocycles. The van der Waals surface area contributed by atoms with E-state index >= 15 is 0 Å². The monoisotopic (exact) mass is 183 g/mol. The Morgan fingerprint density at radius 1 is 1.08 bits per heavy atom. The molecule has 0 aromatic rings. The van der Waals surface area contributed by atoms with Gasteiger partial charge in [0.2, 0.25) is 0 Å². The summed E-state index contributed by atoms with van der Waals surface area (Å²) >= 11 is 0. The van der Waals surface area contributed by atoms with Gasteiger partial charge in [-0.05, 0) is 19.9 Å². The lowest BCUT2D eigenvalue weighted by molar-refractivity contribution is 0.602. The quantitative estimate of drug-likeness (QED) is 0.426. The van der Waals surface area contributed by atoms with Gasteiger partial charge in [0.1, 0.15) is 0 Å². The summed E-state index contributed by atoms with van der Waals surface area (Å²) in [7, 11) is 1.98. The van der Waals surface area contributed by atoms with Crippen LogP contribution in [0.1, 0.15) is 51.9 Å². The first-order chi connectivity index (χ1) is 6.31. The molecular weight excluding hydrogens is 158 g/mol. The van der Waals surface area contributed by atoms with Crippen molar-refractivity contribution in [3.63, 3.8) is 0 Å². The van der Waals surface area contributed by atoms with Crippen molar-refractivity contribution >= 4 is 0 Å². The van der Waals surface area contributed by atoms with Crippen LogP contribution in [-0.2, 0) is 0 Å². The van der Waals surface area contributed by atoms with E-state index in [1.54, 1.807) is 0 Å². The highest BCUT2D eigenvalue weighted by atomic mass is 14.8. The minimum atomic E-state index is 0.981. The zero-order valence-electron chi connectivity index (χ0n) is 9.36. The zero-order valence-corrected chi connectivity index (χ0v) is 9.36. The van der Waals surface area contributed by atoms with Crippen LogP contribution in [0, 0.1) is 0 Å². The van der Waals surface area contributed by atoms with E-state index in [-0.39, 0.29) is 0 Å². The highest BCUT2D eigenvalue weighted by Gasteiger charge is 1.93. The van der Waals surface area contributed by atoms with Crippen LogP contribution in [0.3, 0.4) is 0 Å². The average Bonchev–Trinajstić information content (AvgIpc) is 2.11. The molecule has 0 heterocycles. The summed E-state index contributed by atoms with van der Waals surface area (Å²) < 4.78 is 0. The van der Waals surface area contributed by atoms with E-state index in [0.717, 1.165) is 6.54 Å². The lowest BCUT2D eigenvalue weighted by Gasteiger charge is -2.04. The Morgan fingerprint density at radius 2 is 1.69 bits per heavy atom. The van der Waals surface area contributed by atoms with Crippen molar-refractivity contribution in [1.29, 1.82) is 0 Å². The minimum Gasteiger partial charge on any atom is -0.316 e. The fourth-order valence-corrected chi connectivity index (χ4v) is 1.49. The van der Waals surface area contributed by atoms with Crippen LogP contribution in [0.4, 0.5) is 0 Å². The molecule has 0 unspecified atom stereocenters. The Balaban J connectivity index is 3.02. The van der Waals surface area contributed by atoms with Gasteiger partial charge in [0, 0.05) is 6.54 Å². The third-order valence-electron chi connectivity index (χ3n) is 2.31. The second-order valence-electron chi connectivity index (χ2n) is 3.80. The molecule has 0 atom stereocenters. The van der Waals surface area contributed by atoms with Crippen LogP contribution < -0.4 is 5.32 Å². The largest absolute Gasteiger partial charge is 0.316 e. The normalized spacial score (nSPS) is 10.3. The Morgan fingerprint density at radius 3 is 2.31 bits per heavy atom. The van der Waals surface area contributed by atoms with Crippen LogP contribution in [-0.4, -0.2) is 13.6 Å². The van der Waals surface area contributed by atoms with E-state index in [0.29, 0.717) is 0 Å². The SMILES string of the molecule is C=C(CCCCCCCC)CNC. The molecule has 0 aliphatic heterocycles. The molecular formula is C12H25N. The average molecular weight is 183 g/mol. The summed E-state index contributed by atoms with van der Waals surface area (Å²) in [5.41, 5.74) is 1.35. The molecule has 1 heteroatoms. The van der Waals surface area contributed by atoms with Crippen molar-refractivity contribution in [2.24, 2.45) is 0 Å². The van der Waals surface area contributed by atoms with E-state index in [1.165, 1.54) is 50.5 Å². The minimum absolute atomic E-state index is 0.981. The van der Waals surface area contributed by atoms with E-state index in [2.05, 4.69) is 18.8 Å². The molecule has 0 amide bonds. The molecule has 0 aliphatic carbocycles. The molecule has 1 nitrogen and oxygen atoms in total. The lowest BCUT2D eigenvalue weighted by Crippen LogP contribution is -2.09. The summed E-state index contributed by atoms with van der Waals surface area (Å²) in [4.78, 5) is 0. The smallest absolute Gasteiger partial charge is 0.0158 e. The van der Waals surface area contributed by atoms with Gasteiger partial charge in [-0.3, -0.25) is 0 Å². The standard InChI is InChI=1S/C12H25N/c1-4-5-6-7-8-9-10-12(2)11-13-3/h13H,2,4-11H2,1,3H3. The van der Waals surface area contributed by atoms with E-state index in [4.69, 9.17) is 0 Å². The second kappa shape index (κ2) is 9.79. The Bertz CT molecular complexity index is 118. The first-order valence-electron chi connectivity index (χ1n) is 5.62. The summed E-state index contributed by atoms with van der Waals surface area (Å²) in [5, 5.41) is 3.13. The molecule has 78 valence electrons. The van der Waals surface area contributed by atoms with E-state index in [9.17, 15) is 0 Å². The van der Waals surface area contributed by atoms with Gasteiger partial charge in [-0.1, -0.05) is 51.2 Å². The van der Waals surface area contributed by atoms with Crippen LogP contribution in [0.5, 0.6) is 0 Å². The molecule has 0 spiro atoms. The third-order valence-corrected chi connectivity index (χ3v) is 2.31. The van der Waals surface area contributed by atoms with Crippen molar-refractivity contribution in [2.45, 2.75) is 51.9 Å². The molecule has 0 rings (SSSR count). The fourth-order valence-electron chi connectivity index (χ4n) is 1.49. The van der Waals surface area contributed by atoms with Crippen LogP contribution in [0.15, 0.2) is 12.2 Å².